The van der Waals surface area contributed by atoms with Gasteiger partial charge >= 0.3 is 0 Å². The molecule has 0 spiro atoms. The van der Waals surface area contributed by atoms with Gasteiger partial charge in [-0.15, -0.1) is 11.3 Å². The van der Waals surface area contributed by atoms with E-state index in [1.165, 1.54) is 11.3 Å². The molecule has 0 saturated carbocycles. The lowest BCUT2D eigenvalue weighted by Gasteiger charge is -2.11. The molecule has 0 atom stereocenters. The van der Waals surface area contributed by atoms with Crippen molar-refractivity contribution in [1.82, 2.24) is 4.98 Å². The highest BCUT2D eigenvalue weighted by Gasteiger charge is 2.10. The predicted molar refractivity (Wildman–Crippen MR) is 73.4 cm³/mol. The quantitative estimate of drug-likeness (QED) is 0.519. The predicted octanol–water partition coefficient (Wildman–Crippen LogP) is 2.93. The van der Waals surface area contributed by atoms with Gasteiger partial charge in [-0.05, 0) is 19.1 Å². The second-order valence-electron chi connectivity index (χ2n) is 3.76. The average Bonchev–Trinajstić information content (AvgIpc) is 2.97. The number of rotatable bonds is 5. The summed E-state index contributed by atoms with van der Waals surface area (Å²) in [5, 5.41) is 14.9. The molecule has 0 amide bonds. The van der Waals surface area contributed by atoms with Gasteiger partial charge < -0.3 is 14.7 Å². The Kier molecular flexibility index (Phi) is 4.35. The Balaban J connectivity index is 2.24. The molecule has 5 nitrogen and oxygen atoms in total. The summed E-state index contributed by atoms with van der Waals surface area (Å²) in [5.41, 5.74) is 1.21. The van der Waals surface area contributed by atoms with Crippen molar-refractivity contribution in [2.24, 2.45) is 5.16 Å². The first kappa shape index (κ1) is 13.4. The van der Waals surface area contributed by atoms with Crippen molar-refractivity contribution in [1.29, 1.82) is 0 Å². The molecule has 0 radical (unpaired) electrons. The van der Waals surface area contributed by atoms with E-state index in [4.69, 9.17) is 14.7 Å². The van der Waals surface area contributed by atoms with Crippen molar-refractivity contribution in [2.45, 2.75) is 13.5 Å². The second-order valence-corrected chi connectivity index (χ2v) is 4.74. The van der Waals surface area contributed by atoms with Gasteiger partial charge in [0.1, 0.15) is 23.1 Å². The van der Waals surface area contributed by atoms with Crippen LogP contribution in [0.3, 0.4) is 0 Å². The van der Waals surface area contributed by atoms with Crippen molar-refractivity contribution >= 4 is 17.0 Å². The lowest BCUT2D eigenvalue weighted by Crippen LogP contribution is -2.03. The molecular weight excluding hydrogens is 264 g/mol. The second kappa shape index (κ2) is 6.19. The highest BCUT2D eigenvalue weighted by molar-refractivity contribution is 7.09. The summed E-state index contributed by atoms with van der Waals surface area (Å²) in [6, 6.07) is 5.35. The monoisotopic (exact) mass is 278 g/mol. The van der Waals surface area contributed by atoms with Crippen LogP contribution in [0, 0.1) is 0 Å². The third-order valence-corrected chi connectivity index (χ3v) is 3.32. The molecule has 1 heterocycles. The molecule has 0 aliphatic rings. The van der Waals surface area contributed by atoms with Crippen LogP contribution in [0.5, 0.6) is 11.5 Å². The summed E-state index contributed by atoms with van der Waals surface area (Å²) in [4.78, 5) is 4.15. The Morgan fingerprint density at radius 1 is 1.47 bits per heavy atom. The summed E-state index contributed by atoms with van der Waals surface area (Å²) in [5.74, 6) is 1.29. The van der Waals surface area contributed by atoms with Crippen LogP contribution < -0.4 is 9.47 Å². The van der Waals surface area contributed by atoms with Gasteiger partial charge in [0.25, 0.3) is 0 Å². The molecule has 0 unspecified atom stereocenters. The van der Waals surface area contributed by atoms with E-state index >= 15 is 0 Å². The number of benzene rings is 1. The first-order valence-corrected chi connectivity index (χ1v) is 6.50. The van der Waals surface area contributed by atoms with Gasteiger partial charge in [0.15, 0.2) is 0 Å². The van der Waals surface area contributed by atoms with E-state index in [1.807, 2.05) is 5.38 Å². The molecule has 1 aromatic heterocycles. The van der Waals surface area contributed by atoms with Crippen LogP contribution in [0.4, 0.5) is 0 Å². The maximum Gasteiger partial charge on any atom is 0.140 e. The molecular formula is C13H14N2O3S. The summed E-state index contributed by atoms with van der Waals surface area (Å²) in [6.07, 6.45) is 1.73. The summed E-state index contributed by atoms with van der Waals surface area (Å²) in [7, 11) is 1.59. The summed E-state index contributed by atoms with van der Waals surface area (Å²) in [6.45, 7) is 2.08. The number of hydrogen-bond acceptors (Lipinski definition) is 6. The van der Waals surface area contributed by atoms with Crippen LogP contribution in [-0.2, 0) is 6.61 Å². The van der Waals surface area contributed by atoms with Gasteiger partial charge in [-0.1, -0.05) is 5.16 Å². The smallest absolute Gasteiger partial charge is 0.140 e. The first-order chi connectivity index (χ1) is 9.24. The highest BCUT2D eigenvalue weighted by Crippen LogP contribution is 2.26. The SMILES string of the molecule is COc1ccc(/C(C)=N/O)c(OCc2nccs2)c1. The molecule has 0 aliphatic carbocycles. The van der Waals surface area contributed by atoms with Crippen LogP contribution in [0.25, 0.3) is 0 Å². The number of hydrogen-bond donors (Lipinski definition) is 1. The Hall–Kier alpha value is -2.08. The standard InChI is InChI=1S/C13H14N2O3S/c1-9(15-16)11-4-3-10(17-2)7-12(11)18-8-13-14-5-6-19-13/h3-7,16H,8H2,1-2H3/b15-9+. The molecule has 1 aromatic carbocycles. The van der Waals surface area contributed by atoms with Crippen molar-refractivity contribution < 1.29 is 14.7 Å². The zero-order valence-corrected chi connectivity index (χ0v) is 11.5. The Morgan fingerprint density at radius 2 is 2.32 bits per heavy atom. The van der Waals surface area contributed by atoms with Gasteiger partial charge in [-0.25, -0.2) is 4.98 Å². The molecule has 100 valence electrons. The van der Waals surface area contributed by atoms with E-state index in [1.54, 1.807) is 38.4 Å². The molecule has 2 aromatic rings. The van der Waals surface area contributed by atoms with Crippen molar-refractivity contribution in [3.05, 3.63) is 40.3 Å². The maximum absolute atomic E-state index is 8.88. The van der Waals surface area contributed by atoms with E-state index in [0.717, 1.165) is 10.6 Å². The van der Waals surface area contributed by atoms with Gasteiger partial charge in [-0.3, -0.25) is 0 Å². The molecule has 6 heteroatoms. The minimum atomic E-state index is 0.372. The van der Waals surface area contributed by atoms with E-state index in [0.29, 0.717) is 23.8 Å². The number of methoxy groups -OCH3 is 1. The van der Waals surface area contributed by atoms with Crippen LogP contribution in [-0.4, -0.2) is 23.0 Å². The molecule has 19 heavy (non-hydrogen) atoms. The Labute approximate surface area is 115 Å². The minimum Gasteiger partial charge on any atom is -0.497 e. The minimum absolute atomic E-state index is 0.372. The number of oxime groups is 1. The Bertz CT molecular complexity index is 567. The van der Waals surface area contributed by atoms with Gasteiger partial charge in [0, 0.05) is 23.2 Å². The lowest BCUT2D eigenvalue weighted by molar-refractivity contribution is 0.300. The molecule has 2 rings (SSSR count). The molecule has 0 bridgehead atoms. The number of ether oxygens (including phenoxy) is 2. The van der Waals surface area contributed by atoms with Gasteiger partial charge in [0.05, 0.1) is 12.8 Å². The zero-order valence-electron chi connectivity index (χ0n) is 10.7. The molecule has 0 saturated heterocycles. The summed E-state index contributed by atoms with van der Waals surface area (Å²) < 4.78 is 10.9. The molecule has 0 fully saturated rings. The number of aromatic nitrogens is 1. The van der Waals surface area contributed by atoms with E-state index in [-0.39, 0.29) is 0 Å². The fourth-order valence-corrected chi connectivity index (χ4v) is 2.09. The largest absolute Gasteiger partial charge is 0.497 e. The van der Waals surface area contributed by atoms with Gasteiger partial charge in [-0.2, -0.15) is 0 Å². The van der Waals surface area contributed by atoms with Crippen molar-refractivity contribution in [3.63, 3.8) is 0 Å². The van der Waals surface area contributed by atoms with Crippen molar-refractivity contribution in [3.8, 4) is 11.5 Å². The normalized spacial score (nSPS) is 11.4. The third kappa shape index (κ3) is 3.23. The average molecular weight is 278 g/mol. The zero-order chi connectivity index (χ0) is 13.7. The first-order valence-electron chi connectivity index (χ1n) is 5.63. The van der Waals surface area contributed by atoms with Crippen molar-refractivity contribution in [2.75, 3.05) is 7.11 Å². The van der Waals surface area contributed by atoms with Crippen LogP contribution >= 0.6 is 11.3 Å². The topological polar surface area (TPSA) is 63.9 Å². The summed E-state index contributed by atoms with van der Waals surface area (Å²) >= 11 is 1.53. The fraction of sp³-hybridized carbons (Fsp3) is 0.231. The third-order valence-electron chi connectivity index (χ3n) is 2.56. The van der Waals surface area contributed by atoms with Crippen LogP contribution in [0.1, 0.15) is 17.5 Å². The lowest BCUT2D eigenvalue weighted by atomic mass is 10.1. The molecule has 1 N–H and O–H groups in total. The molecule has 0 aliphatic heterocycles. The van der Waals surface area contributed by atoms with E-state index in [9.17, 15) is 0 Å². The highest BCUT2D eigenvalue weighted by atomic mass is 32.1. The number of thiazole rings is 1. The maximum atomic E-state index is 8.88. The van der Waals surface area contributed by atoms with Gasteiger partial charge in [0.2, 0.25) is 0 Å². The van der Waals surface area contributed by atoms with Crippen LogP contribution in [0.2, 0.25) is 0 Å². The number of nitrogens with zero attached hydrogens (tertiary/aromatic N) is 2. The Morgan fingerprint density at radius 3 is 2.95 bits per heavy atom. The van der Waals surface area contributed by atoms with E-state index < -0.39 is 0 Å². The fourth-order valence-electron chi connectivity index (χ4n) is 1.57. The van der Waals surface area contributed by atoms with E-state index in [2.05, 4.69) is 10.1 Å². The van der Waals surface area contributed by atoms with Crippen LogP contribution in [0.15, 0.2) is 34.9 Å².